The number of furan rings is 1. The first-order chi connectivity index (χ1) is 13.9. The van der Waals surface area contributed by atoms with Gasteiger partial charge in [-0.15, -0.1) is 0 Å². The number of piperidine rings is 1. The Morgan fingerprint density at radius 3 is 2.86 bits per heavy atom. The van der Waals surface area contributed by atoms with Crippen LogP contribution in [0.4, 0.5) is 16.2 Å². The Labute approximate surface area is 177 Å². The van der Waals surface area contributed by atoms with Crippen molar-refractivity contribution in [3.05, 3.63) is 30.0 Å². The van der Waals surface area contributed by atoms with Crippen LogP contribution < -0.4 is 14.3 Å². The van der Waals surface area contributed by atoms with Crippen molar-refractivity contribution in [3.63, 3.8) is 0 Å². The number of hydrogen-bond acceptors (Lipinski definition) is 6. The predicted molar refractivity (Wildman–Crippen MR) is 118 cm³/mol. The SMILES string of the molecule is CCc1oc(C(C)C)cc1NC(=O)NSN(c1cnn(C)c1)C1CCCN(C)C1. The van der Waals surface area contributed by atoms with Crippen LogP contribution in [0.25, 0.3) is 0 Å². The van der Waals surface area contributed by atoms with Gasteiger partial charge in [0.2, 0.25) is 0 Å². The van der Waals surface area contributed by atoms with Gasteiger partial charge >= 0.3 is 6.03 Å². The molecular formula is C20H32N6O2S. The van der Waals surface area contributed by atoms with Crippen molar-refractivity contribution in [2.75, 3.05) is 29.8 Å². The molecule has 1 aliphatic rings. The second kappa shape index (κ2) is 9.58. The van der Waals surface area contributed by atoms with E-state index in [-0.39, 0.29) is 11.9 Å². The fourth-order valence-corrected chi connectivity index (χ4v) is 4.28. The minimum absolute atomic E-state index is 0.265. The second-order valence-electron chi connectivity index (χ2n) is 7.90. The Bertz CT molecular complexity index is 818. The zero-order valence-electron chi connectivity index (χ0n) is 17.9. The van der Waals surface area contributed by atoms with Gasteiger partial charge in [-0.1, -0.05) is 20.8 Å². The molecule has 0 saturated carbocycles. The third kappa shape index (κ3) is 5.48. The van der Waals surface area contributed by atoms with Gasteiger partial charge in [-0.25, -0.2) is 4.79 Å². The Kier molecular flexibility index (Phi) is 7.13. The summed E-state index contributed by atoms with van der Waals surface area (Å²) in [6, 6.07) is 1.96. The van der Waals surface area contributed by atoms with Crippen LogP contribution in [-0.4, -0.2) is 46.9 Å². The average Bonchev–Trinajstić information content (AvgIpc) is 3.28. The number of hydrogen-bond donors (Lipinski definition) is 2. The molecule has 8 nitrogen and oxygen atoms in total. The van der Waals surface area contributed by atoms with Crippen LogP contribution >= 0.6 is 12.1 Å². The van der Waals surface area contributed by atoms with Gasteiger partial charge in [-0.2, -0.15) is 5.10 Å². The molecule has 0 radical (unpaired) electrons. The molecule has 0 spiro atoms. The number of carbonyl (C=O) groups excluding carboxylic acids is 1. The number of nitrogens with one attached hydrogen (secondary N) is 2. The average molecular weight is 421 g/mol. The van der Waals surface area contributed by atoms with E-state index in [9.17, 15) is 4.79 Å². The summed E-state index contributed by atoms with van der Waals surface area (Å²) >= 11 is 1.31. The molecule has 160 valence electrons. The normalized spacial score (nSPS) is 17.5. The van der Waals surface area contributed by atoms with Crippen LogP contribution in [0, 0.1) is 0 Å². The van der Waals surface area contributed by atoms with E-state index >= 15 is 0 Å². The van der Waals surface area contributed by atoms with Crippen LogP contribution in [0.15, 0.2) is 22.9 Å². The summed E-state index contributed by atoms with van der Waals surface area (Å²) in [7, 11) is 4.03. The minimum Gasteiger partial charge on any atom is -0.464 e. The van der Waals surface area contributed by atoms with Crippen LogP contribution in [0.5, 0.6) is 0 Å². The molecular weight excluding hydrogens is 388 g/mol. The number of urea groups is 1. The minimum atomic E-state index is -0.265. The highest BCUT2D eigenvalue weighted by Gasteiger charge is 2.26. The summed E-state index contributed by atoms with van der Waals surface area (Å²) in [6.45, 7) is 8.22. The zero-order valence-corrected chi connectivity index (χ0v) is 18.8. The number of anilines is 2. The van der Waals surface area contributed by atoms with E-state index in [1.165, 1.54) is 12.1 Å². The van der Waals surface area contributed by atoms with Crippen LogP contribution in [0.2, 0.25) is 0 Å². The Hall–Kier alpha value is -2.13. The highest BCUT2D eigenvalue weighted by molar-refractivity contribution is 7.99. The summed E-state index contributed by atoms with van der Waals surface area (Å²) in [4.78, 5) is 14.9. The molecule has 3 heterocycles. The molecule has 0 aromatic carbocycles. The molecule has 3 rings (SSSR count). The first kappa shape index (κ1) is 21.6. The van der Waals surface area contributed by atoms with Gasteiger partial charge < -0.3 is 14.6 Å². The number of likely N-dealkylation sites (tertiary alicyclic amines) is 1. The van der Waals surface area contributed by atoms with Crippen LogP contribution in [0.3, 0.4) is 0 Å². The van der Waals surface area contributed by atoms with Crippen molar-refractivity contribution >= 4 is 29.5 Å². The van der Waals surface area contributed by atoms with E-state index in [1.54, 1.807) is 4.68 Å². The second-order valence-corrected chi connectivity index (χ2v) is 8.68. The van der Waals surface area contributed by atoms with Gasteiger partial charge in [-0.3, -0.25) is 13.7 Å². The van der Waals surface area contributed by atoms with Gasteiger partial charge in [0, 0.05) is 38.2 Å². The third-order valence-electron chi connectivity index (χ3n) is 5.08. The van der Waals surface area contributed by atoms with Crippen molar-refractivity contribution in [1.82, 2.24) is 19.4 Å². The van der Waals surface area contributed by atoms with Gasteiger partial charge in [0.05, 0.1) is 35.7 Å². The summed E-state index contributed by atoms with van der Waals surface area (Å²) in [5, 5.41) is 7.23. The van der Waals surface area contributed by atoms with Crippen molar-refractivity contribution < 1.29 is 9.21 Å². The summed E-state index contributed by atoms with van der Waals surface area (Å²) in [5.74, 6) is 1.96. The lowest BCUT2D eigenvalue weighted by Crippen LogP contribution is -2.45. The third-order valence-corrected chi connectivity index (χ3v) is 6.06. The van der Waals surface area contributed by atoms with Gasteiger partial charge in [-0.05, 0) is 26.4 Å². The van der Waals surface area contributed by atoms with Gasteiger partial charge in [0.15, 0.2) is 0 Å². The molecule has 1 atom stereocenters. The van der Waals surface area contributed by atoms with E-state index in [0.29, 0.717) is 6.04 Å². The lowest BCUT2D eigenvalue weighted by Gasteiger charge is -2.37. The topological polar surface area (TPSA) is 78.6 Å². The molecule has 1 fully saturated rings. The molecule has 2 aromatic rings. The van der Waals surface area contributed by atoms with Crippen LogP contribution in [-0.2, 0) is 13.5 Å². The quantitative estimate of drug-likeness (QED) is 0.660. The first-order valence-electron chi connectivity index (χ1n) is 10.2. The van der Waals surface area contributed by atoms with Gasteiger partial charge in [0.25, 0.3) is 0 Å². The molecule has 2 N–H and O–H groups in total. The number of carbonyl (C=O) groups is 1. The maximum Gasteiger partial charge on any atom is 0.330 e. The van der Waals surface area contributed by atoms with E-state index < -0.39 is 0 Å². The standard InChI is InChI=1S/C20H32N6O2S/c1-6-18-17(10-19(28-18)14(2)3)22-20(27)23-29-26(16-11-21-25(5)13-16)15-8-7-9-24(4)12-15/h10-11,13-15H,6-9,12H2,1-5H3,(H2,22,23,27). The van der Waals surface area contributed by atoms with Gasteiger partial charge in [0.1, 0.15) is 11.5 Å². The maximum absolute atomic E-state index is 12.6. The predicted octanol–water partition coefficient (Wildman–Crippen LogP) is 3.98. The summed E-state index contributed by atoms with van der Waals surface area (Å²) in [6.07, 6.45) is 6.75. The fourth-order valence-electron chi connectivity index (χ4n) is 3.53. The summed E-state index contributed by atoms with van der Waals surface area (Å²) < 4.78 is 12.7. The molecule has 9 heteroatoms. The number of rotatable bonds is 7. The van der Waals surface area contributed by atoms with Crippen molar-refractivity contribution in [2.45, 2.75) is 52.0 Å². The number of aryl methyl sites for hydroxylation is 2. The Balaban J connectivity index is 1.66. The van der Waals surface area contributed by atoms with E-state index in [0.717, 1.165) is 55.2 Å². The number of aromatic nitrogens is 2. The first-order valence-corrected chi connectivity index (χ1v) is 11.0. The Morgan fingerprint density at radius 2 is 2.24 bits per heavy atom. The van der Waals surface area contributed by atoms with Crippen molar-refractivity contribution in [3.8, 4) is 0 Å². The maximum atomic E-state index is 12.6. The molecule has 1 aliphatic heterocycles. The van der Waals surface area contributed by atoms with E-state index in [2.05, 4.69) is 45.2 Å². The lowest BCUT2D eigenvalue weighted by atomic mass is 10.1. The molecule has 2 aromatic heterocycles. The van der Waals surface area contributed by atoms with Crippen molar-refractivity contribution in [1.29, 1.82) is 0 Å². The highest BCUT2D eigenvalue weighted by Crippen LogP contribution is 2.29. The number of amides is 2. The van der Waals surface area contributed by atoms with E-state index in [4.69, 9.17) is 4.42 Å². The molecule has 1 saturated heterocycles. The summed E-state index contributed by atoms with van der Waals surface area (Å²) in [5.41, 5.74) is 1.72. The lowest BCUT2D eigenvalue weighted by molar-refractivity contribution is 0.253. The molecule has 0 aliphatic carbocycles. The zero-order chi connectivity index (χ0) is 21.0. The Morgan fingerprint density at radius 1 is 1.45 bits per heavy atom. The monoisotopic (exact) mass is 420 g/mol. The fraction of sp³-hybridized carbons (Fsp3) is 0.600. The molecule has 2 amide bonds. The number of likely N-dealkylation sites (N-methyl/N-ethyl adjacent to an activating group) is 1. The smallest absolute Gasteiger partial charge is 0.330 e. The highest BCUT2D eigenvalue weighted by atomic mass is 32.2. The number of nitrogens with zero attached hydrogens (tertiary/aromatic N) is 4. The largest absolute Gasteiger partial charge is 0.464 e. The van der Waals surface area contributed by atoms with Crippen molar-refractivity contribution in [2.24, 2.45) is 7.05 Å². The van der Waals surface area contributed by atoms with Crippen LogP contribution in [0.1, 0.15) is 51.1 Å². The molecule has 0 bridgehead atoms. The van der Waals surface area contributed by atoms with E-state index in [1.807, 2.05) is 32.4 Å². The molecule has 29 heavy (non-hydrogen) atoms. The molecule has 1 unspecified atom stereocenters.